The summed E-state index contributed by atoms with van der Waals surface area (Å²) in [6, 6.07) is 7.39. The Labute approximate surface area is 170 Å². The molecule has 1 fully saturated rings. The van der Waals surface area contributed by atoms with E-state index in [0.717, 1.165) is 31.2 Å². The standard InChI is InChI=1S/C22H25N3O4/c1-27-18-11-15(12-19(28-2)20(18)29-3)22(26)25-17-9-5-4-8-16(17)24-21(25)14-7-6-10-23-13-14/h6-7,10-13,16-17H,4-5,8-9H2,1-3H3. The molecule has 152 valence electrons. The maximum Gasteiger partial charge on any atom is 0.260 e. The summed E-state index contributed by atoms with van der Waals surface area (Å²) < 4.78 is 16.3. The van der Waals surface area contributed by atoms with Gasteiger partial charge in [0.15, 0.2) is 11.5 Å². The van der Waals surface area contributed by atoms with E-state index in [4.69, 9.17) is 19.2 Å². The molecule has 0 spiro atoms. The molecular formula is C22H25N3O4. The summed E-state index contributed by atoms with van der Waals surface area (Å²) in [5.41, 5.74) is 1.32. The molecule has 4 rings (SSSR count). The zero-order chi connectivity index (χ0) is 20.4. The zero-order valence-electron chi connectivity index (χ0n) is 16.9. The highest BCUT2D eigenvalue weighted by Gasteiger charge is 2.42. The number of rotatable bonds is 5. The number of amidine groups is 1. The van der Waals surface area contributed by atoms with Crippen LogP contribution in [0.4, 0.5) is 0 Å². The Morgan fingerprint density at radius 2 is 1.79 bits per heavy atom. The molecule has 1 aliphatic carbocycles. The lowest BCUT2D eigenvalue weighted by atomic mass is 9.90. The second-order valence-corrected chi connectivity index (χ2v) is 7.20. The first-order valence-corrected chi connectivity index (χ1v) is 9.79. The summed E-state index contributed by atoms with van der Waals surface area (Å²) in [6.45, 7) is 0. The fraction of sp³-hybridized carbons (Fsp3) is 0.409. The van der Waals surface area contributed by atoms with Crippen molar-refractivity contribution in [2.24, 2.45) is 4.99 Å². The zero-order valence-corrected chi connectivity index (χ0v) is 16.9. The number of carbonyl (C=O) groups excluding carboxylic acids is 1. The SMILES string of the molecule is COc1cc(C(=O)N2C(c3cccnc3)=NC3CCCCC32)cc(OC)c1OC. The fourth-order valence-corrected chi connectivity index (χ4v) is 4.22. The number of aliphatic imine (C=N–C) groups is 1. The van der Waals surface area contributed by atoms with Crippen molar-refractivity contribution >= 4 is 11.7 Å². The largest absolute Gasteiger partial charge is 0.493 e. The maximum atomic E-state index is 13.7. The van der Waals surface area contributed by atoms with E-state index < -0.39 is 0 Å². The van der Waals surface area contributed by atoms with Gasteiger partial charge in [0.25, 0.3) is 5.91 Å². The van der Waals surface area contributed by atoms with Gasteiger partial charge in [0.1, 0.15) is 5.84 Å². The van der Waals surface area contributed by atoms with Crippen molar-refractivity contribution in [3.05, 3.63) is 47.8 Å². The Hall–Kier alpha value is -3.09. The molecule has 1 aromatic heterocycles. The molecule has 2 heterocycles. The third kappa shape index (κ3) is 3.41. The molecule has 1 saturated carbocycles. The van der Waals surface area contributed by atoms with Crippen LogP contribution in [0.5, 0.6) is 17.2 Å². The Morgan fingerprint density at radius 3 is 2.41 bits per heavy atom. The van der Waals surface area contributed by atoms with Crippen LogP contribution in [0.25, 0.3) is 0 Å². The Morgan fingerprint density at radius 1 is 1.07 bits per heavy atom. The van der Waals surface area contributed by atoms with Crippen molar-refractivity contribution in [3.8, 4) is 17.2 Å². The molecule has 0 saturated heterocycles. The van der Waals surface area contributed by atoms with Gasteiger partial charge < -0.3 is 14.2 Å². The second-order valence-electron chi connectivity index (χ2n) is 7.20. The Bertz CT molecular complexity index is 904. The van der Waals surface area contributed by atoms with Gasteiger partial charge >= 0.3 is 0 Å². The smallest absolute Gasteiger partial charge is 0.260 e. The molecule has 0 N–H and O–H groups in total. The van der Waals surface area contributed by atoms with Crippen molar-refractivity contribution in [2.75, 3.05) is 21.3 Å². The number of benzene rings is 1. The average molecular weight is 395 g/mol. The molecule has 1 amide bonds. The minimum atomic E-state index is -0.124. The third-order valence-corrected chi connectivity index (χ3v) is 5.59. The van der Waals surface area contributed by atoms with E-state index in [9.17, 15) is 4.79 Å². The van der Waals surface area contributed by atoms with E-state index in [1.807, 2.05) is 17.0 Å². The van der Waals surface area contributed by atoms with Gasteiger partial charge in [-0.05, 0) is 37.1 Å². The van der Waals surface area contributed by atoms with Crippen LogP contribution < -0.4 is 14.2 Å². The van der Waals surface area contributed by atoms with Crippen LogP contribution in [0, 0.1) is 0 Å². The first-order valence-electron chi connectivity index (χ1n) is 9.79. The lowest BCUT2D eigenvalue weighted by molar-refractivity contribution is 0.0785. The summed E-state index contributed by atoms with van der Waals surface area (Å²) in [7, 11) is 4.63. The van der Waals surface area contributed by atoms with E-state index in [0.29, 0.717) is 28.6 Å². The van der Waals surface area contributed by atoms with Gasteiger partial charge in [0.2, 0.25) is 5.75 Å². The van der Waals surface area contributed by atoms with Crippen molar-refractivity contribution in [2.45, 2.75) is 37.8 Å². The predicted octanol–water partition coefficient (Wildman–Crippen LogP) is 3.32. The average Bonchev–Trinajstić information content (AvgIpc) is 3.17. The molecule has 7 heteroatoms. The first-order chi connectivity index (χ1) is 14.2. The number of hydrogen-bond donors (Lipinski definition) is 0. The summed E-state index contributed by atoms with van der Waals surface area (Å²) in [5, 5.41) is 0. The second kappa shape index (κ2) is 8.11. The highest BCUT2D eigenvalue weighted by molar-refractivity contribution is 6.14. The van der Waals surface area contributed by atoms with Crippen molar-refractivity contribution in [3.63, 3.8) is 0 Å². The Balaban J connectivity index is 1.77. The van der Waals surface area contributed by atoms with E-state index in [1.54, 1.807) is 45.9 Å². The molecule has 0 bridgehead atoms. The van der Waals surface area contributed by atoms with Crippen LogP contribution in [0.3, 0.4) is 0 Å². The number of amides is 1. The van der Waals surface area contributed by atoms with Crippen LogP contribution >= 0.6 is 0 Å². The normalized spacial score (nSPS) is 20.7. The maximum absolute atomic E-state index is 13.7. The number of pyridine rings is 1. The van der Waals surface area contributed by atoms with E-state index in [-0.39, 0.29) is 18.0 Å². The van der Waals surface area contributed by atoms with Gasteiger partial charge in [-0.3, -0.25) is 19.7 Å². The molecule has 2 unspecified atom stereocenters. The topological polar surface area (TPSA) is 73.2 Å². The van der Waals surface area contributed by atoms with Gasteiger partial charge in [-0.1, -0.05) is 12.8 Å². The van der Waals surface area contributed by atoms with Gasteiger partial charge in [0, 0.05) is 23.5 Å². The summed E-state index contributed by atoms with van der Waals surface area (Å²) >= 11 is 0. The molecule has 2 atom stereocenters. The van der Waals surface area contributed by atoms with Crippen molar-refractivity contribution in [1.82, 2.24) is 9.88 Å². The molecule has 2 aliphatic rings. The van der Waals surface area contributed by atoms with Gasteiger partial charge in [0.05, 0.1) is 33.4 Å². The molecule has 2 aromatic rings. The number of aromatic nitrogens is 1. The molecule has 1 aliphatic heterocycles. The highest BCUT2D eigenvalue weighted by atomic mass is 16.5. The van der Waals surface area contributed by atoms with Crippen molar-refractivity contribution < 1.29 is 19.0 Å². The van der Waals surface area contributed by atoms with Gasteiger partial charge in [-0.15, -0.1) is 0 Å². The molecular weight excluding hydrogens is 370 g/mol. The Kier molecular flexibility index (Phi) is 5.38. The predicted molar refractivity (Wildman–Crippen MR) is 109 cm³/mol. The van der Waals surface area contributed by atoms with Gasteiger partial charge in [-0.25, -0.2) is 0 Å². The number of carbonyl (C=O) groups is 1. The number of nitrogens with zero attached hydrogens (tertiary/aromatic N) is 3. The third-order valence-electron chi connectivity index (χ3n) is 5.59. The van der Waals surface area contributed by atoms with Crippen LogP contribution in [0.15, 0.2) is 41.7 Å². The number of methoxy groups -OCH3 is 3. The lowest BCUT2D eigenvalue weighted by Crippen LogP contribution is -2.45. The quantitative estimate of drug-likeness (QED) is 0.777. The molecule has 29 heavy (non-hydrogen) atoms. The number of fused-ring (bicyclic) bond motifs is 1. The summed E-state index contributed by atoms with van der Waals surface area (Å²) in [6.07, 6.45) is 7.64. The van der Waals surface area contributed by atoms with Crippen LogP contribution in [-0.4, -0.2) is 55.0 Å². The highest BCUT2D eigenvalue weighted by Crippen LogP contribution is 2.40. The summed E-state index contributed by atoms with van der Waals surface area (Å²) in [5.74, 6) is 1.93. The molecule has 1 aromatic carbocycles. The lowest BCUT2D eigenvalue weighted by Gasteiger charge is -2.32. The monoisotopic (exact) mass is 395 g/mol. The van der Waals surface area contributed by atoms with Crippen LogP contribution in [0.2, 0.25) is 0 Å². The molecule has 0 radical (unpaired) electrons. The van der Waals surface area contributed by atoms with Crippen LogP contribution in [-0.2, 0) is 0 Å². The van der Waals surface area contributed by atoms with Crippen molar-refractivity contribution in [1.29, 1.82) is 0 Å². The number of hydrogen-bond acceptors (Lipinski definition) is 6. The molecule has 7 nitrogen and oxygen atoms in total. The minimum Gasteiger partial charge on any atom is -0.493 e. The van der Waals surface area contributed by atoms with Crippen LogP contribution in [0.1, 0.15) is 41.6 Å². The van der Waals surface area contributed by atoms with E-state index in [1.165, 1.54) is 0 Å². The van der Waals surface area contributed by atoms with E-state index in [2.05, 4.69) is 4.98 Å². The van der Waals surface area contributed by atoms with Gasteiger partial charge in [-0.2, -0.15) is 0 Å². The first kappa shape index (κ1) is 19.2. The summed E-state index contributed by atoms with van der Waals surface area (Å²) in [4.78, 5) is 24.7. The number of ether oxygens (including phenoxy) is 3. The van der Waals surface area contributed by atoms with E-state index >= 15 is 0 Å². The fourth-order valence-electron chi connectivity index (χ4n) is 4.22. The minimum absolute atomic E-state index is 0.0607.